The molecular formula is C12H17N3O2. The highest BCUT2D eigenvalue weighted by atomic mass is 16.6. The van der Waals surface area contributed by atoms with Crippen molar-refractivity contribution in [3.05, 3.63) is 33.9 Å². The van der Waals surface area contributed by atoms with Crippen LogP contribution in [0.1, 0.15) is 24.8 Å². The standard InChI is InChI=1S/C12H17N3O2/c13-9-10-8-11(4-5-12(10)15(16)17)14-6-2-1-3-7-14/h4-5,8H,1-3,6-7,9,13H2. The molecule has 1 saturated heterocycles. The Morgan fingerprint density at radius 3 is 2.59 bits per heavy atom. The summed E-state index contributed by atoms with van der Waals surface area (Å²) in [5, 5.41) is 10.8. The summed E-state index contributed by atoms with van der Waals surface area (Å²) in [6.07, 6.45) is 3.65. The molecule has 1 aromatic carbocycles. The highest BCUT2D eigenvalue weighted by Gasteiger charge is 2.16. The van der Waals surface area contributed by atoms with E-state index in [0.717, 1.165) is 18.8 Å². The van der Waals surface area contributed by atoms with Gasteiger partial charge in [-0.2, -0.15) is 0 Å². The molecule has 2 N–H and O–H groups in total. The van der Waals surface area contributed by atoms with Gasteiger partial charge in [0.25, 0.3) is 5.69 Å². The van der Waals surface area contributed by atoms with Crippen LogP contribution in [0.3, 0.4) is 0 Å². The summed E-state index contributed by atoms with van der Waals surface area (Å²) >= 11 is 0. The molecule has 0 atom stereocenters. The monoisotopic (exact) mass is 235 g/mol. The second kappa shape index (κ2) is 5.14. The number of nitrogens with zero attached hydrogens (tertiary/aromatic N) is 2. The molecule has 1 heterocycles. The van der Waals surface area contributed by atoms with Crippen LogP contribution in [0, 0.1) is 10.1 Å². The van der Waals surface area contributed by atoms with Crippen molar-refractivity contribution in [1.29, 1.82) is 0 Å². The minimum atomic E-state index is -0.373. The maximum Gasteiger partial charge on any atom is 0.274 e. The summed E-state index contributed by atoms with van der Waals surface area (Å²) in [5.74, 6) is 0. The third-order valence-electron chi connectivity index (χ3n) is 3.20. The number of nitro groups is 1. The number of nitro benzene ring substituents is 1. The zero-order valence-corrected chi connectivity index (χ0v) is 9.76. The maximum absolute atomic E-state index is 10.8. The van der Waals surface area contributed by atoms with Crippen molar-refractivity contribution < 1.29 is 4.92 Å². The average molecular weight is 235 g/mol. The van der Waals surface area contributed by atoms with Crippen molar-refractivity contribution in [1.82, 2.24) is 0 Å². The lowest BCUT2D eigenvalue weighted by Gasteiger charge is -2.29. The average Bonchev–Trinajstić information content (AvgIpc) is 2.39. The Hall–Kier alpha value is -1.62. The predicted molar refractivity (Wildman–Crippen MR) is 67.1 cm³/mol. The maximum atomic E-state index is 10.8. The Kier molecular flexibility index (Phi) is 3.58. The first-order valence-electron chi connectivity index (χ1n) is 5.94. The third kappa shape index (κ3) is 2.55. The van der Waals surface area contributed by atoms with Gasteiger partial charge in [-0.25, -0.2) is 0 Å². The smallest absolute Gasteiger partial charge is 0.274 e. The minimum Gasteiger partial charge on any atom is -0.372 e. The summed E-state index contributed by atoms with van der Waals surface area (Å²) in [5.41, 5.74) is 7.34. The molecule has 1 fully saturated rings. The molecule has 1 aromatic rings. The van der Waals surface area contributed by atoms with Gasteiger partial charge in [0.05, 0.1) is 4.92 Å². The van der Waals surface area contributed by atoms with Gasteiger partial charge in [0, 0.05) is 37.0 Å². The summed E-state index contributed by atoms with van der Waals surface area (Å²) in [6, 6.07) is 5.23. The van der Waals surface area contributed by atoms with Crippen LogP contribution in [0.5, 0.6) is 0 Å². The molecule has 0 aliphatic carbocycles. The number of rotatable bonds is 3. The molecular weight excluding hydrogens is 218 g/mol. The number of hydrogen-bond acceptors (Lipinski definition) is 4. The predicted octanol–water partition coefficient (Wildman–Crippen LogP) is 2.04. The normalized spacial score (nSPS) is 15.9. The van der Waals surface area contributed by atoms with Crippen LogP contribution in [0.25, 0.3) is 0 Å². The summed E-state index contributed by atoms with van der Waals surface area (Å²) < 4.78 is 0. The molecule has 0 saturated carbocycles. The van der Waals surface area contributed by atoms with Crippen LogP contribution in [-0.4, -0.2) is 18.0 Å². The Balaban J connectivity index is 2.27. The van der Waals surface area contributed by atoms with Gasteiger partial charge in [-0.3, -0.25) is 10.1 Å². The Labute approximate surface area is 100 Å². The van der Waals surface area contributed by atoms with Crippen molar-refractivity contribution in [2.24, 2.45) is 5.73 Å². The minimum absolute atomic E-state index is 0.119. The molecule has 0 aromatic heterocycles. The fraction of sp³-hybridized carbons (Fsp3) is 0.500. The van der Waals surface area contributed by atoms with Gasteiger partial charge < -0.3 is 10.6 Å². The lowest BCUT2D eigenvalue weighted by molar-refractivity contribution is -0.385. The van der Waals surface area contributed by atoms with Crippen molar-refractivity contribution in [2.45, 2.75) is 25.8 Å². The summed E-state index contributed by atoms with van der Waals surface area (Å²) in [7, 11) is 0. The second-order valence-electron chi connectivity index (χ2n) is 4.32. The van der Waals surface area contributed by atoms with Gasteiger partial charge >= 0.3 is 0 Å². The van der Waals surface area contributed by atoms with Crippen LogP contribution < -0.4 is 10.6 Å². The first-order valence-corrected chi connectivity index (χ1v) is 5.94. The molecule has 5 heteroatoms. The van der Waals surface area contributed by atoms with E-state index in [9.17, 15) is 10.1 Å². The number of hydrogen-bond donors (Lipinski definition) is 1. The highest BCUT2D eigenvalue weighted by molar-refractivity contribution is 5.55. The molecule has 1 aliphatic rings. The van der Waals surface area contributed by atoms with Crippen LogP contribution in [-0.2, 0) is 6.54 Å². The number of nitrogens with two attached hydrogens (primary N) is 1. The molecule has 17 heavy (non-hydrogen) atoms. The highest BCUT2D eigenvalue weighted by Crippen LogP contribution is 2.26. The Morgan fingerprint density at radius 2 is 2.00 bits per heavy atom. The van der Waals surface area contributed by atoms with Gasteiger partial charge in [0.15, 0.2) is 0 Å². The van der Waals surface area contributed by atoms with E-state index in [4.69, 9.17) is 5.73 Å². The van der Waals surface area contributed by atoms with Gasteiger partial charge in [0.1, 0.15) is 0 Å². The van der Waals surface area contributed by atoms with Gasteiger partial charge in [-0.15, -0.1) is 0 Å². The lowest BCUT2D eigenvalue weighted by Crippen LogP contribution is -2.29. The largest absolute Gasteiger partial charge is 0.372 e. The van der Waals surface area contributed by atoms with Gasteiger partial charge in [-0.1, -0.05) is 0 Å². The van der Waals surface area contributed by atoms with Gasteiger partial charge in [-0.05, 0) is 31.4 Å². The topological polar surface area (TPSA) is 72.4 Å². The number of piperidine rings is 1. The van der Waals surface area contributed by atoms with Crippen LogP contribution >= 0.6 is 0 Å². The molecule has 0 amide bonds. The second-order valence-corrected chi connectivity index (χ2v) is 4.32. The third-order valence-corrected chi connectivity index (χ3v) is 3.20. The van der Waals surface area contributed by atoms with E-state index in [1.807, 2.05) is 12.1 Å². The Bertz CT molecular complexity index is 414. The van der Waals surface area contributed by atoms with Crippen LogP contribution in [0.4, 0.5) is 11.4 Å². The quantitative estimate of drug-likeness (QED) is 0.642. The lowest BCUT2D eigenvalue weighted by atomic mass is 10.1. The molecule has 0 radical (unpaired) electrons. The van der Waals surface area contributed by atoms with E-state index >= 15 is 0 Å². The van der Waals surface area contributed by atoms with E-state index in [0.29, 0.717) is 5.56 Å². The summed E-state index contributed by atoms with van der Waals surface area (Å²) in [6.45, 7) is 2.27. The molecule has 0 spiro atoms. The van der Waals surface area contributed by atoms with E-state index in [-0.39, 0.29) is 17.2 Å². The summed E-state index contributed by atoms with van der Waals surface area (Å²) in [4.78, 5) is 12.7. The first-order chi connectivity index (χ1) is 8.22. The zero-order chi connectivity index (χ0) is 12.3. The molecule has 0 bridgehead atoms. The number of anilines is 1. The molecule has 92 valence electrons. The van der Waals surface area contributed by atoms with E-state index in [1.165, 1.54) is 19.3 Å². The first kappa shape index (κ1) is 11.9. The van der Waals surface area contributed by atoms with Crippen LogP contribution in [0.15, 0.2) is 18.2 Å². The fourth-order valence-electron chi connectivity index (χ4n) is 2.26. The van der Waals surface area contributed by atoms with Crippen molar-refractivity contribution in [3.8, 4) is 0 Å². The fourth-order valence-corrected chi connectivity index (χ4v) is 2.26. The number of benzene rings is 1. The van der Waals surface area contributed by atoms with Gasteiger partial charge in [0.2, 0.25) is 0 Å². The molecule has 0 unspecified atom stereocenters. The zero-order valence-electron chi connectivity index (χ0n) is 9.76. The van der Waals surface area contributed by atoms with Crippen LogP contribution in [0.2, 0.25) is 0 Å². The van der Waals surface area contributed by atoms with E-state index in [1.54, 1.807) is 6.07 Å². The van der Waals surface area contributed by atoms with E-state index in [2.05, 4.69) is 4.90 Å². The molecule has 1 aliphatic heterocycles. The van der Waals surface area contributed by atoms with Crippen molar-refractivity contribution in [2.75, 3.05) is 18.0 Å². The molecule has 5 nitrogen and oxygen atoms in total. The SMILES string of the molecule is NCc1cc(N2CCCCC2)ccc1[N+](=O)[O-]. The van der Waals surface area contributed by atoms with E-state index < -0.39 is 0 Å². The molecule has 2 rings (SSSR count). The van der Waals surface area contributed by atoms with Crippen molar-refractivity contribution >= 4 is 11.4 Å². The van der Waals surface area contributed by atoms with Crippen molar-refractivity contribution in [3.63, 3.8) is 0 Å². The Morgan fingerprint density at radius 1 is 1.29 bits per heavy atom.